The van der Waals surface area contributed by atoms with Gasteiger partial charge in [-0.1, -0.05) is 30.0 Å². The van der Waals surface area contributed by atoms with Crippen LogP contribution >= 0.6 is 11.8 Å². The van der Waals surface area contributed by atoms with E-state index in [0.29, 0.717) is 6.61 Å². The van der Waals surface area contributed by atoms with Crippen molar-refractivity contribution < 1.29 is 9.53 Å². The molecule has 0 fully saturated rings. The summed E-state index contributed by atoms with van der Waals surface area (Å²) in [5.41, 5.74) is 1.06. The highest BCUT2D eigenvalue weighted by atomic mass is 32.2. The molecule has 2 rings (SSSR count). The minimum absolute atomic E-state index is 0.199. The molecule has 0 amide bonds. The number of carbonyl (C=O) groups excluding carboxylic acids is 1. The molecule has 1 aliphatic rings. The molecule has 0 aromatic carbocycles. The minimum Gasteiger partial charge on any atom is -0.465 e. The molecule has 0 N–H and O–H groups in total. The van der Waals surface area contributed by atoms with Gasteiger partial charge in [-0.3, -0.25) is 4.79 Å². The standard InChI is InChI=1S/C11H11NO2S/c1-2-14-11(13)9-6-5-8-4-3-7-12-10(8)15-9/h3-7,9H,2H2,1H3. The van der Waals surface area contributed by atoms with Crippen molar-refractivity contribution in [3.8, 4) is 0 Å². The first-order valence-electron chi connectivity index (χ1n) is 4.78. The maximum atomic E-state index is 11.5. The van der Waals surface area contributed by atoms with Crippen LogP contribution in [-0.2, 0) is 9.53 Å². The number of rotatable bonds is 2. The summed E-state index contributed by atoms with van der Waals surface area (Å²) in [5.74, 6) is -0.199. The Bertz CT molecular complexity index is 403. The summed E-state index contributed by atoms with van der Waals surface area (Å²) in [4.78, 5) is 15.7. The van der Waals surface area contributed by atoms with Crippen LogP contribution in [0.1, 0.15) is 12.5 Å². The molecular formula is C11H11NO2S. The van der Waals surface area contributed by atoms with Crippen LogP contribution in [0.4, 0.5) is 0 Å². The van der Waals surface area contributed by atoms with Gasteiger partial charge in [-0.2, -0.15) is 0 Å². The Morgan fingerprint density at radius 1 is 1.67 bits per heavy atom. The molecule has 0 saturated carbocycles. The maximum absolute atomic E-state index is 11.5. The zero-order valence-corrected chi connectivity index (χ0v) is 9.16. The van der Waals surface area contributed by atoms with E-state index in [1.807, 2.05) is 24.3 Å². The predicted octanol–water partition coefficient (Wildman–Crippen LogP) is 2.13. The molecule has 1 atom stereocenters. The summed E-state index contributed by atoms with van der Waals surface area (Å²) in [6, 6.07) is 3.86. The number of esters is 1. The van der Waals surface area contributed by atoms with E-state index in [9.17, 15) is 4.79 Å². The van der Waals surface area contributed by atoms with Crippen LogP contribution < -0.4 is 0 Å². The van der Waals surface area contributed by atoms with Gasteiger partial charge in [0, 0.05) is 11.8 Å². The van der Waals surface area contributed by atoms with Crippen LogP contribution in [0.15, 0.2) is 29.4 Å². The third-order valence-corrected chi connectivity index (χ3v) is 3.18. The number of ether oxygens (including phenoxy) is 1. The normalized spacial score (nSPS) is 18.3. The largest absolute Gasteiger partial charge is 0.465 e. The molecule has 1 aromatic rings. The fourth-order valence-electron chi connectivity index (χ4n) is 1.33. The molecule has 0 radical (unpaired) electrons. The van der Waals surface area contributed by atoms with E-state index in [2.05, 4.69) is 4.98 Å². The molecule has 1 aromatic heterocycles. The first-order chi connectivity index (χ1) is 7.31. The van der Waals surface area contributed by atoms with Gasteiger partial charge in [0.1, 0.15) is 10.3 Å². The van der Waals surface area contributed by atoms with Crippen LogP contribution in [0.2, 0.25) is 0 Å². The summed E-state index contributed by atoms with van der Waals surface area (Å²) in [6.07, 6.45) is 5.50. The Hall–Kier alpha value is -1.29. The third kappa shape index (κ3) is 2.21. The van der Waals surface area contributed by atoms with E-state index >= 15 is 0 Å². The number of pyridine rings is 1. The van der Waals surface area contributed by atoms with E-state index in [1.165, 1.54) is 11.8 Å². The summed E-state index contributed by atoms with van der Waals surface area (Å²) in [6.45, 7) is 2.22. The van der Waals surface area contributed by atoms with Gasteiger partial charge in [0.15, 0.2) is 0 Å². The van der Waals surface area contributed by atoms with Crippen LogP contribution in [0.25, 0.3) is 6.08 Å². The molecule has 15 heavy (non-hydrogen) atoms. The number of fused-ring (bicyclic) bond motifs is 1. The van der Waals surface area contributed by atoms with Crippen LogP contribution in [0.5, 0.6) is 0 Å². The van der Waals surface area contributed by atoms with E-state index in [4.69, 9.17) is 4.74 Å². The van der Waals surface area contributed by atoms with Gasteiger partial charge in [-0.15, -0.1) is 0 Å². The molecule has 78 valence electrons. The van der Waals surface area contributed by atoms with E-state index in [0.717, 1.165) is 10.6 Å². The lowest BCUT2D eigenvalue weighted by atomic mass is 10.2. The monoisotopic (exact) mass is 221 g/mol. The summed E-state index contributed by atoms with van der Waals surface area (Å²) in [7, 11) is 0. The average Bonchev–Trinajstić information content (AvgIpc) is 2.29. The molecule has 4 heteroatoms. The topological polar surface area (TPSA) is 39.2 Å². The fraction of sp³-hybridized carbons (Fsp3) is 0.273. The number of hydrogen-bond acceptors (Lipinski definition) is 4. The van der Waals surface area contributed by atoms with Crippen LogP contribution in [0, 0.1) is 0 Å². The Labute approximate surface area is 92.5 Å². The van der Waals surface area contributed by atoms with Crippen LogP contribution in [0.3, 0.4) is 0 Å². The zero-order valence-electron chi connectivity index (χ0n) is 8.34. The highest BCUT2D eigenvalue weighted by Gasteiger charge is 2.22. The molecule has 1 unspecified atom stereocenters. The Morgan fingerprint density at radius 2 is 2.53 bits per heavy atom. The van der Waals surface area contributed by atoms with Gasteiger partial charge in [0.2, 0.25) is 0 Å². The molecule has 3 nitrogen and oxygen atoms in total. The van der Waals surface area contributed by atoms with Crippen molar-refractivity contribution in [1.29, 1.82) is 0 Å². The van der Waals surface area contributed by atoms with Crippen molar-refractivity contribution in [3.05, 3.63) is 30.0 Å². The van der Waals surface area contributed by atoms with Gasteiger partial charge in [0.25, 0.3) is 0 Å². The summed E-state index contributed by atoms with van der Waals surface area (Å²) < 4.78 is 4.96. The van der Waals surface area contributed by atoms with Crippen molar-refractivity contribution in [2.75, 3.05) is 6.61 Å². The quantitative estimate of drug-likeness (QED) is 0.717. The average molecular weight is 221 g/mol. The van der Waals surface area contributed by atoms with E-state index in [1.54, 1.807) is 13.1 Å². The molecule has 0 saturated heterocycles. The predicted molar refractivity (Wildman–Crippen MR) is 59.5 cm³/mol. The maximum Gasteiger partial charge on any atom is 0.323 e. The summed E-state index contributed by atoms with van der Waals surface area (Å²) >= 11 is 1.43. The number of hydrogen-bond donors (Lipinski definition) is 0. The molecule has 0 spiro atoms. The Morgan fingerprint density at radius 3 is 3.33 bits per heavy atom. The minimum atomic E-state index is -0.257. The first kappa shape index (κ1) is 10.2. The highest BCUT2D eigenvalue weighted by Crippen LogP contribution is 2.31. The number of thioether (sulfide) groups is 1. The fourth-order valence-corrected chi connectivity index (χ4v) is 2.29. The molecule has 0 bridgehead atoms. The highest BCUT2D eigenvalue weighted by molar-refractivity contribution is 8.00. The number of aromatic nitrogens is 1. The van der Waals surface area contributed by atoms with Crippen molar-refractivity contribution in [2.24, 2.45) is 0 Å². The second-order valence-electron chi connectivity index (χ2n) is 3.05. The van der Waals surface area contributed by atoms with Crippen LogP contribution in [-0.4, -0.2) is 22.8 Å². The lowest BCUT2D eigenvalue weighted by Gasteiger charge is -2.16. The van der Waals surface area contributed by atoms with Gasteiger partial charge >= 0.3 is 5.97 Å². The molecular weight excluding hydrogens is 210 g/mol. The van der Waals surface area contributed by atoms with Crippen molar-refractivity contribution >= 4 is 23.8 Å². The lowest BCUT2D eigenvalue weighted by Crippen LogP contribution is -2.19. The molecule has 2 heterocycles. The zero-order chi connectivity index (χ0) is 10.7. The van der Waals surface area contributed by atoms with E-state index in [-0.39, 0.29) is 11.2 Å². The molecule has 1 aliphatic heterocycles. The first-order valence-corrected chi connectivity index (χ1v) is 5.65. The smallest absolute Gasteiger partial charge is 0.323 e. The van der Waals surface area contributed by atoms with Gasteiger partial charge < -0.3 is 4.74 Å². The Balaban J connectivity index is 2.15. The second kappa shape index (κ2) is 4.49. The SMILES string of the molecule is CCOC(=O)C1C=Cc2cccnc2S1. The van der Waals surface area contributed by atoms with E-state index < -0.39 is 0 Å². The number of carbonyl (C=O) groups is 1. The second-order valence-corrected chi connectivity index (χ2v) is 4.18. The van der Waals surface area contributed by atoms with Gasteiger partial charge in [-0.25, -0.2) is 4.98 Å². The lowest BCUT2D eigenvalue weighted by molar-refractivity contribution is -0.141. The van der Waals surface area contributed by atoms with Gasteiger partial charge in [0.05, 0.1) is 6.61 Å². The molecule has 0 aliphatic carbocycles. The van der Waals surface area contributed by atoms with Crippen molar-refractivity contribution in [3.63, 3.8) is 0 Å². The summed E-state index contributed by atoms with van der Waals surface area (Å²) in [5, 5.41) is 0.630. The van der Waals surface area contributed by atoms with Crippen molar-refractivity contribution in [1.82, 2.24) is 4.98 Å². The van der Waals surface area contributed by atoms with Crippen molar-refractivity contribution in [2.45, 2.75) is 17.2 Å². The van der Waals surface area contributed by atoms with Gasteiger partial charge in [-0.05, 0) is 13.0 Å². The third-order valence-electron chi connectivity index (χ3n) is 2.01. The Kier molecular flexibility index (Phi) is 3.06. The number of nitrogens with zero attached hydrogens (tertiary/aromatic N) is 1.